The van der Waals surface area contributed by atoms with Crippen molar-refractivity contribution in [2.45, 2.75) is 62.7 Å². The van der Waals surface area contributed by atoms with E-state index in [1.54, 1.807) is 7.11 Å². The lowest BCUT2D eigenvalue weighted by molar-refractivity contribution is -0.146. The van der Waals surface area contributed by atoms with Crippen LogP contribution < -0.4 is 14.8 Å². The average Bonchev–Trinajstić information content (AvgIpc) is 3.79. The summed E-state index contributed by atoms with van der Waals surface area (Å²) >= 11 is 3.72. The SMILES string of the molecule is COc1ccc([Si](C)(C)[C@@H]2[C@@H](CCn3cc(C(CO)c4ccccc4)nn3)O[C@]3(C(=O)N(Cc4ccccc4)c4ccc(Br)cc43)[C@H]2C)cc1. The van der Waals surface area contributed by atoms with Gasteiger partial charge < -0.3 is 19.5 Å². The van der Waals surface area contributed by atoms with Crippen LogP contribution >= 0.6 is 15.9 Å². The minimum absolute atomic E-state index is 0.00863. The molecule has 0 bridgehead atoms. The van der Waals surface area contributed by atoms with Crippen LogP contribution in [-0.2, 0) is 28.2 Å². The van der Waals surface area contributed by atoms with Gasteiger partial charge in [0.15, 0.2) is 5.60 Å². The van der Waals surface area contributed by atoms with E-state index in [0.717, 1.165) is 38.3 Å². The molecule has 0 radical (unpaired) electrons. The summed E-state index contributed by atoms with van der Waals surface area (Å²) in [7, 11) is -0.619. The number of hydrogen-bond acceptors (Lipinski definition) is 6. The monoisotopic (exact) mass is 750 g/mol. The average molecular weight is 752 g/mol. The molecule has 50 heavy (non-hydrogen) atoms. The van der Waals surface area contributed by atoms with Crippen molar-refractivity contribution in [3.8, 4) is 5.75 Å². The van der Waals surface area contributed by atoms with Gasteiger partial charge >= 0.3 is 0 Å². The Labute approximate surface area is 303 Å². The van der Waals surface area contributed by atoms with Crippen molar-refractivity contribution < 1.29 is 19.4 Å². The lowest BCUT2D eigenvalue weighted by Crippen LogP contribution is -2.51. The molecule has 3 heterocycles. The number of carbonyl (C=O) groups excluding carboxylic acids is 1. The highest BCUT2D eigenvalue weighted by molar-refractivity contribution is 9.10. The zero-order chi connectivity index (χ0) is 35.0. The Kier molecular flexibility index (Phi) is 9.56. The Bertz CT molecular complexity index is 1960. The highest BCUT2D eigenvalue weighted by Crippen LogP contribution is 2.60. The van der Waals surface area contributed by atoms with Gasteiger partial charge in [-0.25, -0.2) is 0 Å². The summed E-state index contributed by atoms with van der Waals surface area (Å²) < 4.78 is 15.6. The van der Waals surface area contributed by atoms with Crippen LogP contribution in [0.4, 0.5) is 5.69 Å². The van der Waals surface area contributed by atoms with E-state index in [9.17, 15) is 5.11 Å². The molecule has 10 heteroatoms. The van der Waals surface area contributed by atoms with Gasteiger partial charge in [-0.15, -0.1) is 5.10 Å². The summed E-state index contributed by atoms with van der Waals surface area (Å²) in [6, 6.07) is 34.6. The number of rotatable bonds is 11. The number of aliphatic hydroxyl groups excluding tert-OH is 1. The zero-order valence-electron chi connectivity index (χ0n) is 28.9. The fourth-order valence-electron chi connectivity index (χ4n) is 8.38. The van der Waals surface area contributed by atoms with Gasteiger partial charge in [-0.3, -0.25) is 9.48 Å². The lowest BCUT2D eigenvalue weighted by Gasteiger charge is -2.37. The third-order valence-electron chi connectivity index (χ3n) is 10.9. The van der Waals surface area contributed by atoms with E-state index in [4.69, 9.17) is 9.47 Å². The fraction of sp³-hybridized carbons (Fsp3) is 0.325. The van der Waals surface area contributed by atoms with Crippen LogP contribution in [-0.4, -0.2) is 53.9 Å². The van der Waals surface area contributed by atoms with Crippen LogP contribution in [0.15, 0.2) is 114 Å². The standard InChI is InChI=1S/C40H43BrN4O4Si/c1-27-38(50(3,4)32-18-16-31(48-2)17-19-32)37(21-22-44-25-35(42-43-44)33(26-46)29-13-9-6-10-14-29)49-40(27)34-23-30(41)15-20-36(34)45(39(40)47)24-28-11-7-5-8-12-28/h5-20,23,25,27,33,37-38,46H,21-22,24,26H2,1-4H3/t27-,33?,37+,38-,40+/m0/s1. The summed E-state index contributed by atoms with van der Waals surface area (Å²) in [6.45, 7) is 7.98. The molecule has 4 aromatic carbocycles. The van der Waals surface area contributed by atoms with E-state index >= 15 is 4.79 Å². The fourth-order valence-corrected chi connectivity index (χ4v) is 12.8. The van der Waals surface area contributed by atoms with Crippen molar-refractivity contribution in [2.24, 2.45) is 5.92 Å². The third kappa shape index (κ3) is 6.02. The lowest BCUT2D eigenvalue weighted by atomic mass is 9.82. The minimum Gasteiger partial charge on any atom is -0.497 e. The molecule has 1 spiro atoms. The first-order valence-corrected chi connectivity index (χ1v) is 21.1. The van der Waals surface area contributed by atoms with Crippen LogP contribution in [0.1, 0.15) is 41.6 Å². The van der Waals surface area contributed by atoms with E-state index in [2.05, 4.69) is 76.6 Å². The molecular formula is C40H43BrN4O4Si. The predicted molar refractivity (Wildman–Crippen MR) is 201 cm³/mol. The smallest absolute Gasteiger partial charge is 0.264 e. The van der Waals surface area contributed by atoms with Gasteiger partial charge in [0, 0.05) is 28.7 Å². The maximum Gasteiger partial charge on any atom is 0.264 e. The third-order valence-corrected chi connectivity index (χ3v) is 15.8. The highest BCUT2D eigenvalue weighted by Gasteiger charge is 2.66. The number of amides is 1. The van der Waals surface area contributed by atoms with Crippen molar-refractivity contribution in [1.82, 2.24) is 15.0 Å². The first-order chi connectivity index (χ1) is 24.2. The Morgan fingerprint density at radius 1 is 1.00 bits per heavy atom. The molecule has 0 saturated carbocycles. The van der Waals surface area contributed by atoms with E-state index in [1.165, 1.54) is 5.19 Å². The summed E-state index contributed by atoms with van der Waals surface area (Å²) in [5.41, 5.74) is 3.56. The second-order valence-corrected chi connectivity index (χ2v) is 19.6. The molecule has 1 aromatic heterocycles. The quantitative estimate of drug-likeness (QED) is 0.146. The summed E-state index contributed by atoms with van der Waals surface area (Å²) in [4.78, 5) is 16.9. The highest BCUT2D eigenvalue weighted by atomic mass is 79.9. The van der Waals surface area contributed by atoms with E-state index in [1.807, 2.05) is 88.6 Å². The van der Waals surface area contributed by atoms with Gasteiger partial charge in [0.05, 0.1) is 51.7 Å². The van der Waals surface area contributed by atoms with Gasteiger partial charge in [-0.1, -0.05) is 119 Å². The summed E-state index contributed by atoms with van der Waals surface area (Å²) in [5.74, 6) is 0.445. The van der Waals surface area contributed by atoms with E-state index in [0.29, 0.717) is 19.5 Å². The van der Waals surface area contributed by atoms with Crippen LogP contribution in [0.5, 0.6) is 5.75 Å². The number of nitrogens with zero attached hydrogens (tertiary/aromatic N) is 4. The minimum atomic E-state index is -2.30. The Balaban J connectivity index is 1.25. The second kappa shape index (κ2) is 13.9. The number of halogens is 1. The summed E-state index contributed by atoms with van der Waals surface area (Å²) in [5, 5.41) is 20.5. The van der Waals surface area contributed by atoms with Crippen molar-refractivity contribution >= 4 is 40.8 Å². The first kappa shape index (κ1) is 34.4. The van der Waals surface area contributed by atoms with Crippen molar-refractivity contribution in [3.05, 3.63) is 136 Å². The van der Waals surface area contributed by atoms with Gasteiger partial charge in [-0.2, -0.15) is 0 Å². The van der Waals surface area contributed by atoms with Gasteiger partial charge in [-0.05, 0) is 53.4 Å². The normalized spacial score (nSPS) is 22.2. The van der Waals surface area contributed by atoms with Crippen molar-refractivity contribution in [2.75, 3.05) is 18.6 Å². The van der Waals surface area contributed by atoms with Crippen LogP contribution in [0.3, 0.4) is 0 Å². The first-order valence-electron chi connectivity index (χ1n) is 17.2. The number of aryl methyl sites for hydroxylation is 1. The number of hydrogen-bond donors (Lipinski definition) is 1. The van der Waals surface area contributed by atoms with Crippen LogP contribution in [0.2, 0.25) is 18.6 Å². The molecule has 258 valence electrons. The molecule has 1 fully saturated rings. The van der Waals surface area contributed by atoms with E-state index < -0.39 is 13.7 Å². The van der Waals surface area contributed by atoms with E-state index in [-0.39, 0.29) is 36.0 Å². The second-order valence-electron chi connectivity index (χ2n) is 14.0. The molecule has 0 aliphatic carbocycles. The number of ether oxygens (including phenoxy) is 2. The summed E-state index contributed by atoms with van der Waals surface area (Å²) in [6.07, 6.45) is 2.35. The molecule has 2 aliphatic rings. The number of fused-ring (bicyclic) bond motifs is 2. The molecule has 2 aliphatic heterocycles. The molecule has 1 saturated heterocycles. The Morgan fingerprint density at radius 2 is 1.70 bits per heavy atom. The number of carbonyl (C=O) groups is 1. The molecular weight excluding hydrogens is 708 g/mol. The largest absolute Gasteiger partial charge is 0.497 e. The molecule has 1 amide bonds. The van der Waals surface area contributed by atoms with Crippen LogP contribution in [0, 0.1) is 5.92 Å². The molecule has 1 unspecified atom stereocenters. The number of methoxy groups -OCH3 is 1. The topological polar surface area (TPSA) is 89.7 Å². The number of aliphatic hydroxyl groups is 1. The molecule has 7 rings (SSSR count). The van der Waals surface area contributed by atoms with Gasteiger partial charge in [0.1, 0.15) is 5.75 Å². The molecule has 1 N–H and O–H groups in total. The van der Waals surface area contributed by atoms with Gasteiger partial charge in [0.25, 0.3) is 5.91 Å². The Hall–Kier alpha value is -4.09. The number of aromatic nitrogens is 3. The number of benzene rings is 4. The van der Waals surface area contributed by atoms with Crippen LogP contribution in [0.25, 0.3) is 0 Å². The molecule has 5 aromatic rings. The van der Waals surface area contributed by atoms with Crippen molar-refractivity contribution in [1.29, 1.82) is 0 Å². The maximum absolute atomic E-state index is 15.0. The molecule has 8 nitrogen and oxygen atoms in total. The predicted octanol–water partition coefficient (Wildman–Crippen LogP) is 7.03. The van der Waals surface area contributed by atoms with Gasteiger partial charge in [0.2, 0.25) is 0 Å². The zero-order valence-corrected chi connectivity index (χ0v) is 31.5. The molecule has 5 atom stereocenters. The number of anilines is 1. The maximum atomic E-state index is 15.0. The Morgan fingerprint density at radius 3 is 2.38 bits per heavy atom. The van der Waals surface area contributed by atoms with Crippen molar-refractivity contribution in [3.63, 3.8) is 0 Å².